The van der Waals surface area contributed by atoms with Crippen LogP contribution in [-0.4, -0.2) is 25.5 Å². The molecule has 0 radical (unpaired) electrons. The number of rotatable bonds is 6. The Hall–Kier alpha value is -1.66. The van der Waals surface area contributed by atoms with Crippen LogP contribution in [0.15, 0.2) is 41.8 Å². The zero-order chi connectivity index (χ0) is 13.8. The van der Waals surface area contributed by atoms with Crippen molar-refractivity contribution in [2.75, 3.05) is 0 Å². The van der Waals surface area contributed by atoms with E-state index < -0.39 is 16.0 Å². The van der Waals surface area contributed by atoms with Gasteiger partial charge >= 0.3 is 5.97 Å². The summed E-state index contributed by atoms with van der Waals surface area (Å²) in [6, 6.07) is 5.38. The van der Waals surface area contributed by atoms with Gasteiger partial charge in [-0.1, -0.05) is 18.2 Å². The van der Waals surface area contributed by atoms with Gasteiger partial charge in [0.1, 0.15) is 0 Å². The van der Waals surface area contributed by atoms with Crippen LogP contribution in [-0.2, 0) is 21.2 Å². The smallest absolute Gasteiger partial charge is 0.307 e. The van der Waals surface area contributed by atoms with Gasteiger partial charge in [-0.15, -0.1) is 6.58 Å². The molecule has 0 aliphatic heterocycles. The number of benzene rings is 1. The van der Waals surface area contributed by atoms with Crippen LogP contribution in [0.25, 0.3) is 0 Å². The number of hydrogen-bond donors (Lipinski definition) is 2. The lowest BCUT2D eigenvalue weighted by Gasteiger charge is -2.10. The fraction of sp³-hybridized carbons (Fsp3) is 0.250. The number of carboxylic acid groups (broad SMARTS) is 1. The van der Waals surface area contributed by atoms with Gasteiger partial charge in [0.25, 0.3) is 0 Å². The van der Waals surface area contributed by atoms with Gasteiger partial charge in [0.2, 0.25) is 10.0 Å². The lowest BCUT2D eigenvalue weighted by atomic mass is 10.2. The first-order valence-electron chi connectivity index (χ1n) is 5.31. The minimum absolute atomic E-state index is 0.102. The highest BCUT2D eigenvalue weighted by Gasteiger charge is 2.15. The first-order valence-corrected chi connectivity index (χ1v) is 6.79. The zero-order valence-corrected chi connectivity index (χ0v) is 10.8. The van der Waals surface area contributed by atoms with Crippen LogP contribution in [0, 0.1) is 0 Å². The van der Waals surface area contributed by atoms with Gasteiger partial charge in [-0.25, -0.2) is 13.1 Å². The Bertz CT molecular complexity index is 534. The fourth-order valence-corrected chi connectivity index (χ4v) is 2.54. The summed E-state index contributed by atoms with van der Waals surface area (Å²) in [5.74, 6) is -0.955. The Morgan fingerprint density at radius 1 is 1.44 bits per heavy atom. The molecule has 0 spiro atoms. The molecule has 0 heterocycles. The first-order chi connectivity index (χ1) is 8.35. The molecule has 1 aromatic carbocycles. The van der Waals surface area contributed by atoms with Crippen LogP contribution in [0.1, 0.15) is 12.5 Å². The SMILES string of the molecule is C=CC(C)NS(=O)(=O)c1ccc(CC(=O)O)cc1. The topological polar surface area (TPSA) is 83.5 Å². The summed E-state index contributed by atoms with van der Waals surface area (Å²) in [6.45, 7) is 5.16. The van der Waals surface area contributed by atoms with Gasteiger partial charge in [-0.2, -0.15) is 0 Å². The quantitative estimate of drug-likeness (QED) is 0.759. The highest BCUT2D eigenvalue weighted by molar-refractivity contribution is 7.89. The summed E-state index contributed by atoms with van der Waals surface area (Å²) in [4.78, 5) is 10.6. The molecular weight excluding hydrogens is 254 g/mol. The molecule has 18 heavy (non-hydrogen) atoms. The Morgan fingerprint density at radius 3 is 2.44 bits per heavy atom. The van der Waals surface area contributed by atoms with Crippen LogP contribution in [0.2, 0.25) is 0 Å². The van der Waals surface area contributed by atoms with Crippen molar-refractivity contribution >= 4 is 16.0 Å². The van der Waals surface area contributed by atoms with Crippen LogP contribution >= 0.6 is 0 Å². The molecule has 0 bridgehead atoms. The average Bonchev–Trinajstić information content (AvgIpc) is 2.28. The van der Waals surface area contributed by atoms with Crippen molar-refractivity contribution in [3.8, 4) is 0 Å². The molecule has 1 rings (SSSR count). The molecule has 0 aliphatic rings. The standard InChI is InChI=1S/C12H15NO4S/c1-3-9(2)13-18(16,17)11-6-4-10(5-7-11)8-12(14)15/h3-7,9,13H,1,8H2,2H3,(H,14,15). The van der Waals surface area contributed by atoms with E-state index in [1.165, 1.54) is 30.3 Å². The molecule has 6 heteroatoms. The Morgan fingerprint density at radius 2 is 2.00 bits per heavy atom. The first kappa shape index (κ1) is 14.4. The largest absolute Gasteiger partial charge is 0.481 e. The Balaban J connectivity index is 2.90. The third-order valence-corrected chi connectivity index (χ3v) is 3.86. The normalized spacial score (nSPS) is 12.9. The van der Waals surface area contributed by atoms with E-state index in [9.17, 15) is 13.2 Å². The second kappa shape index (κ2) is 5.79. The fourth-order valence-electron chi connectivity index (χ4n) is 1.32. The summed E-state index contributed by atoms with van der Waals surface area (Å²) >= 11 is 0. The minimum atomic E-state index is -3.59. The van der Waals surface area contributed by atoms with E-state index in [2.05, 4.69) is 11.3 Å². The van der Waals surface area contributed by atoms with Crippen LogP contribution < -0.4 is 4.72 Å². The summed E-state index contributed by atoms with van der Waals surface area (Å²) in [5.41, 5.74) is 0.554. The summed E-state index contributed by atoms with van der Waals surface area (Å²) in [7, 11) is -3.59. The van der Waals surface area contributed by atoms with Crippen molar-refractivity contribution in [3.05, 3.63) is 42.5 Å². The van der Waals surface area contributed by atoms with E-state index >= 15 is 0 Å². The van der Waals surface area contributed by atoms with E-state index in [4.69, 9.17) is 5.11 Å². The van der Waals surface area contributed by atoms with Crippen molar-refractivity contribution in [2.24, 2.45) is 0 Å². The molecule has 0 aliphatic carbocycles. The van der Waals surface area contributed by atoms with Gasteiger partial charge in [-0.3, -0.25) is 4.79 Å². The number of aliphatic carboxylic acids is 1. The van der Waals surface area contributed by atoms with Gasteiger partial charge < -0.3 is 5.11 Å². The van der Waals surface area contributed by atoms with Crippen molar-refractivity contribution in [3.63, 3.8) is 0 Å². The molecule has 0 fully saturated rings. The van der Waals surface area contributed by atoms with Gasteiger partial charge in [-0.05, 0) is 24.6 Å². The maximum Gasteiger partial charge on any atom is 0.307 e. The lowest BCUT2D eigenvalue weighted by Crippen LogP contribution is -2.30. The molecular formula is C12H15NO4S. The predicted molar refractivity (Wildman–Crippen MR) is 67.8 cm³/mol. The second-order valence-corrected chi connectivity index (χ2v) is 5.57. The van der Waals surface area contributed by atoms with E-state index in [1.54, 1.807) is 6.92 Å². The van der Waals surface area contributed by atoms with Crippen molar-refractivity contribution in [2.45, 2.75) is 24.3 Å². The van der Waals surface area contributed by atoms with Gasteiger partial charge in [0, 0.05) is 6.04 Å². The van der Waals surface area contributed by atoms with Crippen molar-refractivity contribution in [1.82, 2.24) is 4.72 Å². The third-order valence-electron chi connectivity index (χ3n) is 2.28. The summed E-state index contributed by atoms with van der Waals surface area (Å²) in [5, 5.41) is 8.61. The van der Waals surface area contributed by atoms with Crippen LogP contribution in [0.5, 0.6) is 0 Å². The van der Waals surface area contributed by atoms with E-state index in [0.29, 0.717) is 5.56 Å². The molecule has 1 aromatic rings. The molecule has 5 nitrogen and oxygen atoms in total. The third kappa shape index (κ3) is 3.97. The number of nitrogens with one attached hydrogen (secondary N) is 1. The summed E-state index contributed by atoms with van der Waals surface area (Å²) < 4.78 is 26.1. The van der Waals surface area contributed by atoms with Gasteiger partial charge in [0.15, 0.2) is 0 Å². The van der Waals surface area contributed by atoms with E-state index in [0.717, 1.165) is 0 Å². The Labute approximate surface area is 106 Å². The number of sulfonamides is 1. The van der Waals surface area contributed by atoms with E-state index in [-0.39, 0.29) is 17.4 Å². The molecule has 1 atom stereocenters. The molecule has 0 saturated carbocycles. The van der Waals surface area contributed by atoms with Gasteiger partial charge in [0.05, 0.1) is 11.3 Å². The van der Waals surface area contributed by atoms with E-state index in [1.807, 2.05) is 0 Å². The van der Waals surface area contributed by atoms with Crippen molar-refractivity contribution in [1.29, 1.82) is 0 Å². The lowest BCUT2D eigenvalue weighted by molar-refractivity contribution is -0.136. The van der Waals surface area contributed by atoms with Crippen LogP contribution in [0.4, 0.5) is 0 Å². The highest BCUT2D eigenvalue weighted by atomic mass is 32.2. The Kier molecular flexibility index (Phi) is 4.63. The average molecular weight is 269 g/mol. The maximum absolute atomic E-state index is 11.9. The summed E-state index contributed by atoms with van der Waals surface area (Å²) in [6.07, 6.45) is 1.35. The molecule has 2 N–H and O–H groups in total. The molecule has 98 valence electrons. The highest BCUT2D eigenvalue weighted by Crippen LogP contribution is 2.11. The number of carboxylic acids is 1. The molecule has 0 amide bonds. The maximum atomic E-state index is 11.9. The van der Waals surface area contributed by atoms with Crippen molar-refractivity contribution < 1.29 is 18.3 Å². The predicted octanol–water partition coefficient (Wildman–Crippen LogP) is 1.17. The zero-order valence-electron chi connectivity index (χ0n) is 9.96. The van der Waals surface area contributed by atoms with Crippen LogP contribution in [0.3, 0.4) is 0 Å². The molecule has 0 aromatic heterocycles. The number of carbonyl (C=O) groups is 1. The number of hydrogen-bond acceptors (Lipinski definition) is 3. The second-order valence-electron chi connectivity index (χ2n) is 3.86. The molecule has 0 saturated heterocycles. The monoisotopic (exact) mass is 269 g/mol. The minimum Gasteiger partial charge on any atom is -0.481 e. The molecule has 1 unspecified atom stereocenters.